The number of hydrogen-bond donors (Lipinski definition) is 0. The molecule has 0 amide bonds. The minimum Gasteiger partial charge on any atom is -0.275 e. The van der Waals surface area contributed by atoms with Gasteiger partial charge in [0.25, 0.3) is 5.56 Å². The largest absolute Gasteiger partial charge is 0.352 e. The third-order valence-electron chi connectivity index (χ3n) is 4.18. The highest BCUT2D eigenvalue weighted by Gasteiger charge is 2.18. The fraction of sp³-hybridized carbons (Fsp3) is 0.278. The quantitative estimate of drug-likeness (QED) is 0.539. The monoisotopic (exact) mass is 388 g/mol. The molecule has 0 saturated heterocycles. The van der Waals surface area contributed by atoms with E-state index in [0.29, 0.717) is 34.1 Å². The Bertz CT molecular complexity index is 1210. The second-order valence-electron chi connectivity index (χ2n) is 6.65. The van der Waals surface area contributed by atoms with E-state index in [9.17, 15) is 9.59 Å². The van der Waals surface area contributed by atoms with Crippen LogP contribution in [0.5, 0.6) is 0 Å². The van der Waals surface area contributed by atoms with Gasteiger partial charge in [0.15, 0.2) is 0 Å². The summed E-state index contributed by atoms with van der Waals surface area (Å²) in [5.74, 6) is 0.638. The Balaban J connectivity index is 1.96. The lowest BCUT2D eigenvalue weighted by Gasteiger charge is -2.09. The zero-order chi connectivity index (χ0) is 18.4. The number of rotatable bonds is 4. The summed E-state index contributed by atoms with van der Waals surface area (Å²) in [6, 6.07) is 9.08. The van der Waals surface area contributed by atoms with E-state index in [2.05, 4.69) is 5.10 Å². The van der Waals surface area contributed by atoms with Crippen LogP contribution in [0.3, 0.4) is 0 Å². The van der Waals surface area contributed by atoms with Crippen molar-refractivity contribution in [1.29, 1.82) is 0 Å². The Labute approximate surface area is 157 Å². The summed E-state index contributed by atoms with van der Waals surface area (Å²) < 4.78 is 5.10. The average Bonchev–Trinajstić information content (AvgIpc) is 3.19. The van der Waals surface area contributed by atoms with Crippen molar-refractivity contribution < 1.29 is 0 Å². The maximum absolute atomic E-state index is 13.0. The van der Waals surface area contributed by atoms with Crippen LogP contribution in [0, 0.1) is 5.92 Å². The summed E-state index contributed by atoms with van der Waals surface area (Å²) in [5.41, 5.74) is 1.18. The van der Waals surface area contributed by atoms with Crippen LogP contribution >= 0.6 is 22.9 Å². The van der Waals surface area contributed by atoms with Gasteiger partial charge in [-0.3, -0.25) is 9.36 Å². The normalized spacial score (nSPS) is 11.8. The molecule has 8 heteroatoms. The Morgan fingerprint density at radius 1 is 1.15 bits per heavy atom. The minimum atomic E-state index is -0.254. The highest BCUT2D eigenvalue weighted by Crippen LogP contribution is 2.18. The first-order valence-corrected chi connectivity index (χ1v) is 9.55. The van der Waals surface area contributed by atoms with Crippen molar-refractivity contribution >= 4 is 38.9 Å². The molecule has 1 aromatic carbocycles. The highest BCUT2D eigenvalue weighted by molar-refractivity contribution is 7.17. The zero-order valence-corrected chi connectivity index (χ0v) is 15.9. The molecular weight excluding hydrogens is 372 g/mol. The van der Waals surface area contributed by atoms with Gasteiger partial charge in [-0.25, -0.2) is 13.9 Å². The molecule has 0 N–H and O–H groups in total. The molecular formula is C18H17ClN4O2S. The van der Waals surface area contributed by atoms with Crippen LogP contribution in [0.2, 0.25) is 5.02 Å². The molecule has 0 saturated carbocycles. The molecule has 0 aliphatic heterocycles. The predicted molar refractivity (Wildman–Crippen MR) is 104 cm³/mol. The van der Waals surface area contributed by atoms with E-state index in [1.807, 2.05) is 31.4 Å². The number of nitrogens with zero attached hydrogens (tertiary/aromatic N) is 4. The molecule has 134 valence electrons. The lowest BCUT2D eigenvalue weighted by Crippen LogP contribution is -2.27. The highest BCUT2D eigenvalue weighted by atomic mass is 35.5. The Hall–Kier alpha value is -2.38. The number of fused-ring (bicyclic) bond motifs is 3. The van der Waals surface area contributed by atoms with Gasteiger partial charge in [0.1, 0.15) is 4.70 Å². The van der Waals surface area contributed by atoms with Crippen LogP contribution in [-0.2, 0) is 13.1 Å². The Kier molecular flexibility index (Phi) is 4.20. The van der Waals surface area contributed by atoms with Crippen molar-refractivity contribution in [1.82, 2.24) is 18.7 Å². The lowest BCUT2D eigenvalue weighted by molar-refractivity contribution is 0.516. The molecule has 0 aliphatic rings. The van der Waals surface area contributed by atoms with Gasteiger partial charge in [0.05, 0.1) is 12.1 Å². The van der Waals surface area contributed by atoms with Gasteiger partial charge in [-0.05, 0) is 35.1 Å². The van der Waals surface area contributed by atoms with E-state index in [4.69, 9.17) is 11.6 Å². The van der Waals surface area contributed by atoms with E-state index in [1.54, 1.807) is 22.8 Å². The third-order valence-corrected chi connectivity index (χ3v) is 5.33. The molecule has 0 bridgehead atoms. The summed E-state index contributed by atoms with van der Waals surface area (Å²) in [4.78, 5) is 25.8. The third kappa shape index (κ3) is 2.77. The first-order chi connectivity index (χ1) is 12.5. The van der Waals surface area contributed by atoms with Gasteiger partial charge >= 0.3 is 5.69 Å². The molecule has 0 atom stereocenters. The van der Waals surface area contributed by atoms with Crippen molar-refractivity contribution in [2.24, 2.45) is 5.92 Å². The average molecular weight is 389 g/mol. The maximum atomic E-state index is 13.0. The van der Waals surface area contributed by atoms with Gasteiger partial charge in [-0.1, -0.05) is 37.6 Å². The predicted octanol–water partition coefficient (Wildman–Crippen LogP) is 3.23. The molecule has 0 radical (unpaired) electrons. The summed E-state index contributed by atoms with van der Waals surface area (Å²) >= 11 is 7.27. The molecule has 0 fully saturated rings. The van der Waals surface area contributed by atoms with Crippen molar-refractivity contribution in [3.05, 3.63) is 67.1 Å². The van der Waals surface area contributed by atoms with E-state index in [-0.39, 0.29) is 17.2 Å². The fourth-order valence-electron chi connectivity index (χ4n) is 3.03. The van der Waals surface area contributed by atoms with E-state index >= 15 is 0 Å². The number of benzene rings is 1. The number of halogens is 1. The number of hydrogen-bond acceptors (Lipinski definition) is 4. The summed E-state index contributed by atoms with van der Waals surface area (Å²) in [7, 11) is 0. The lowest BCUT2D eigenvalue weighted by atomic mass is 10.2. The van der Waals surface area contributed by atoms with E-state index < -0.39 is 0 Å². The van der Waals surface area contributed by atoms with Gasteiger partial charge in [0.2, 0.25) is 5.78 Å². The molecule has 3 aromatic heterocycles. The van der Waals surface area contributed by atoms with Crippen LogP contribution in [0.15, 0.2) is 45.3 Å². The van der Waals surface area contributed by atoms with Crippen molar-refractivity contribution in [2.75, 3.05) is 0 Å². The molecule has 6 nitrogen and oxygen atoms in total. The van der Waals surface area contributed by atoms with Gasteiger partial charge in [-0.2, -0.15) is 0 Å². The summed E-state index contributed by atoms with van der Waals surface area (Å²) in [6.07, 6.45) is 0. The van der Waals surface area contributed by atoms with Crippen LogP contribution in [-0.4, -0.2) is 18.7 Å². The molecule has 3 heterocycles. The number of aromatic nitrogens is 4. The van der Waals surface area contributed by atoms with Gasteiger partial charge in [-0.15, -0.1) is 16.4 Å². The summed E-state index contributed by atoms with van der Waals surface area (Å²) in [5, 5.41) is 6.94. The van der Waals surface area contributed by atoms with E-state index in [0.717, 1.165) is 5.56 Å². The van der Waals surface area contributed by atoms with Crippen molar-refractivity contribution in [2.45, 2.75) is 26.9 Å². The first kappa shape index (κ1) is 17.1. The van der Waals surface area contributed by atoms with Crippen molar-refractivity contribution in [3.8, 4) is 0 Å². The molecule has 4 aromatic rings. The minimum absolute atomic E-state index is 0.0974. The van der Waals surface area contributed by atoms with Crippen LogP contribution < -0.4 is 11.2 Å². The topological polar surface area (TPSA) is 61.3 Å². The molecule has 0 spiro atoms. The summed E-state index contributed by atoms with van der Waals surface area (Å²) in [6.45, 7) is 4.89. The maximum Gasteiger partial charge on any atom is 0.352 e. The standard InChI is InChI=1S/C18H17ClN4O2S/c1-11(2)9-21-16(24)15-14(7-8-26-15)23-17(21)20-22(18(23)25)10-12-3-5-13(19)6-4-12/h3-8,11H,9-10H2,1-2H3. The molecule has 4 rings (SSSR count). The van der Waals surface area contributed by atoms with Gasteiger partial charge in [0, 0.05) is 11.6 Å². The smallest absolute Gasteiger partial charge is 0.275 e. The van der Waals surface area contributed by atoms with Crippen molar-refractivity contribution in [3.63, 3.8) is 0 Å². The second kappa shape index (κ2) is 6.41. The Morgan fingerprint density at radius 3 is 2.58 bits per heavy atom. The molecule has 0 unspecified atom stereocenters. The second-order valence-corrected chi connectivity index (χ2v) is 8.00. The van der Waals surface area contributed by atoms with Crippen LogP contribution in [0.25, 0.3) is 16.0 Å². The zero-order valence-electron chi connectivity index (χ0n) is 14.3. The molecule has 26 heavy (non-hydrogen) atoms. The van der Waals surface area contributed by atoms with Gasteiger partial charge < -0.3 is 0 Å². The first-order valence-electron chi connectivity index (χ1n) is 8.29. The molecule has 0 aliphatic carbocycles. The Morgan fingerprint density at radius 2 is 1.88 bits per heavy atom. The van der Waals surface area contributed by atoms with Crippen LogP contribution in [0.1, 0.15) is 19.4 Å². The number of thiophene rings is 1. The fourth-order valence-corrected chi connectivity index (χ4v) is 3.98. The van der Waals surface area contributed by atoms with E-state index in [1.165, 1.54) is 20.4 Å². The SMILES string of the molecule is CC(C)Cn1c(=O)c2sccc2n2c(=O)n(Cc3ccc(Cl)cc3)nc12. The van der Waals surface area contributed by atoms with Crippen LogP contribution in [0.4, 0.5) is 0 Å².